The van der Waals surface area contributed by atoms with Gasteiger partial charge in [0.2, 0.25) is 5.91 Å². The van der Waals surface area contributed by atoms with Crippen LogP contribution in [0.2, 0.25) is 0 Å². The Balaban J connectivity index is 0.000000461. The molecule has 1 amide bonds. The van der Waals surface area contributed by atoms with Crippen molar-refractivity contribution < 1.29 is 4.79 Å². The van der Waals surface area contributed by atoms with Crippen LogP contribution >= 0.6 is 0 Å². The second-order valence-electron chi connectivity index (χ2n) is 2.54. The molecule has 3 heteroatoms. The standard InChI is InChI=1S/C6H12N2O.C2H6/c1-5-2-7-4-6(9)8-3-5;1-2/h5,7H,2-4H2,1H3,(H,8,9);1-2H3. The lowest BCUT2D eigenvalue weighted by atomic mass is 10.2. The van der Waals surface area contributed by atoms with Crippen LogP contribution in [0.25, 0.3) is 0 Å². The Kier molecular flexibility index (Phi) is 5.84. The zero-order valence-corrected chi connectivity index (χ0v) is 7.61. The summed E-state index contributed by atoms with van der Waals surface area (Å²) >= 11 is 0. The number of amides is 1. The summed E-state index contributed by atoms with van der Waals surface area (Å²) < 4.78 is 0. The van der Waals surface area contributed by atoms with Crippen molar-refractivity contribution in [1.29, 1.82) is 0 Å². The fourth-order valence-corrected chi connectivity index (χ4v) is 0.855. The molecule has 1 heterocycles. The van der Waals surface area contributed by atoms with E-state index >= 15 is 0 Å². The van der Waals surface area contributed by atoms with Crippen molar-refractivity contribution in [2.45, 2.75) is 20.8 Å². The van der Waals surface area contributed by atoms with Crippen molar-refractivity contribution >= 4 is 5.91 Å². The summed E-state index contributed by atoms with van der Waals surface area (Å²) in [6, 6.07) is 0. The lowest BCUT2D eigenvalue weighted by Crippen LogP contribution is -2.29. The fraction of sp³-hybridized carbons (Fsp3) is 0.875. The Morgan fingerprint density at radius 3 is 2.64 bits per heavy atom. The highest BCUT2D eigenvalue weighted by Gasteiger charge is 2.09. The number of carbonyl (C=O) groups excluding carboxylic acids is 1. The average Bonchev–Trinajstić information content (AvgIpc) is 2.20. The van der Waals surface area contributed by atoms with E-state index in [0.717, 1.165) is 13.1 Å². The Bertz CT molecular complexity index is 115. The monoisotopic (exact) mass is 158 g/mol. The average molecular weight is 158 g/mol. The molecule has 1 saturated heterocycles. The van der Waals surface area contributed by atoms with Gasteiger partial charge in [-0.15, -0.1) is 0 Å². The summed E-state index contributed by atoms with van der Waals surface area (Å²) in [4.78, 5) is 10.7. The first-order valence-corrected chi connectivity index (χ1v) is 4.26. The lowest BCUT2D eigenvalue weighted by Gasteiger charge is -2.04. The van der Waals surface area contributed by atoms with Crippen LogP contribution in [0.4, 0.5) is 0 Å². The number of nitrogens with one attached hydrogen (secondary N) is 2. The smallest absolute Gasteiger partial charge is 0.233 e. The Hall–Kier alpha value is -0.570. The van der Waals surface area contributed by atoms with Crippen LogP contribution in [0.15, 0.2) is 0 Å². The summed E-state index contributed by atoms with van der Waals surface area (Å²) in [5.74, 6) is 0.677. The first kappa shape index (κ1) is 10.4. The van der Waals surface area contributed by atoms with Crippen molar-refractivity contribution in [2.75, 3.05) is 19.6 Å². The molecule has 2 N–H and O–H groups in total. The van der Waals surface area contributed by atoms with Crippen LogP contribution in [-0.4, -0.2) is 25.5 Å². The molecule has 0 aromatic carbocycles. The van der Waals surface area contributed by atoms with Gasteiger partial charge in [-0.05, 0) is 12.5 Å². The predicted molar refractivity (Wildman–Crippen MR) is 46.4 cm³/mol. The van der Waals surface area contributed by atoms with Crippen LogP contribution in [-0.2, 0) is 4.79 Å². The number of rotatable bonds is 0. The second kappa shape index (κ2) is 6.16. The van der Waals surface area contributed by atoms with Crippen molar-refractivity contribution in [3.8, 4) is 0 Å². The predicted octanol–water partition coefficient (Wildman–Crippen LogP) is 0.368. The molecule has 66 valence electrons. The van der Waals surface area contributed by atoms with Gasteiger partial charge >= 0.3 is 0 Å². The Morgan fingerprint density at radius 2 is 2.00 bits per heavy atom. The largest absolute Gasteiger partial charge is 0.355 e. The number of hydrogen-bond donors (Lipinski definition) is 2. The minimum Gasteiger partial charge on any atom is -0.355 e. The van der Waals surface area contributed by atoms with Crippen LogP contribution in [0.5, 0.6) is 0 Å². The SMILES string of the molecule is CC.CC1CNCC(=O)NC1. The van der Waals surface area contributed by atoms with E-state index in [1.807, 2.05) is 13.8 Å². The van der Waals surface area contributed by atoms with Gasteiger partial charge in [0.25, 0.3) is 0 Å². The molecule has 3 nitrogen and oxygen atoms in total. The zero-order chi connectivity index (χ0) is 8.69. The summed E-state index contributed by atoms with van der Waals surface area (Å²) in [5.41, 5.74) is 0. The Labute approximate surface area is 68.6 Å². The van der Waals surface area contributed by atoms with Gasteiger partial charge in [0.1, 0.15) is 0 Å². The molecule has 0 bridgehead atoms. The maximum absolute atomic E-state index is 10.7. The highest BCUT2D eigenvalue weighted by molar-refractivity contribution is 5.78. The molecular formula is C8H18N2O. The molecule has 1 aliphatic heterocycles. The quantitative estimate of drug-likeness (QED) is 0.534. The van der Waals surface area contributed by atoms with E-state index in [1.54, 1.807) is 0 Å². The van der Waals surface area contributed by atoms with Crippen molar-refractivity contribution in [2.24, 2.45) is 5.92 Å². The zero-order valence-electron chi connectivity index (χ0n) is 7.61. The van der Waals surface area contributed by atoms with E-state index in [0.29, 0.717) is 12.5 Å². The van der Waals surface area contributed by atoms with E-state index in [4.69, 9.17) is 0 Å². The van der Waals surface area contributed by atoms with Crippen LogP contribution in [0.3, 0.4) is 0 Å². The van der Waals surface area contributed by atoms with E-state index in [9.17, 15) is 4.79 Å². The van der Waals surface area contributed by atoms with Gasteiger partial charge in [0.15, 0.2) is 0 Å². The van der Waals surface area contributed by atoms with E-state index < -0.39 is 0 Å². The van der Waals surface area contributed by atoms with Crippen LogP contribution in [0, 0.1) is 5.92 Å². The molecule has 0 aliphatic carbocycles. The molecule has 0 aromatic heterocycles. The van der Waals surface area contributed by atoms with Crippen molar-refractivity contribution in [1.82, 2.24) is 10.6 Å². The van der Waals surface area contributed by atoms with Gasteiger partial charge in [0, 0.05) is 6.54 Å². The van der Waals surface area contributed by atoms with Crippen molar-refractivity contribution in [3.63, 3.8) is 0 Å². The van der Waals surface area contributed by atoms with E-state index in [2.05, 4.69) is 17.6 Å². The molecule has 1 rings (SSSR count). The molecule has 11 heavy (non-hydrogen) atoms. The summed E-state index contributed by atoms with van der Waals surface area (Å²) in [6.07, 6.45) is 0. The van der Waals surface area contributed by atoms with E-state index in [1.165, 1.54) is 0 Å². The van der Waals surface area contributed by atoms with Crippen LogP contribution < -0.4 is 10.6 Å². The molecule has 1 fully saturated rings. The van der Waals surface area contributed by atoms with Crippen LogP contribution in [0.1, 0.15) is 20.8 Å². The maximum atomic E-state index is 10.7. The normalized spacial score (nSPS) is 24.3. The highest BCUT2D eigenvalue weighted by Crippen LogP contribution is 1.91. The number of carbonyl (C=O) groups is 1. The molecule has 0 radical (unpaired) electrons. The number of hydrogen-bond acceptors (Lipinski definition) is 2. The third kappa shape index (κ3) is 4.79. The molecular weight excluding hydrogens is 140 g/mol. The third-order valence-corrected chi connectivity index (χ3v) is 1.43. The van der Waals surface area contributed by atoms with Gasteiger partial charge in [-0.3, -0.25) is 4.79 Å². The van der Waals surface area contributed by atoms with E-state index in [-0.39, 0.29) is 5.91 Å². The van der Waals surface area contributed by atoms with Gasteiger partial charge in [-0.1, -0.05) is 20.8 Å². The molecule has 1 atom stereocenters. The third-order valence-electron chi connectivity index (χ3n) is 1.43. The minimum atomic E-state index is 0.111. The lowest BCUT2D eigenvalue weighted by molar-refractivity contribution is -0.119. The minimum absolute atomic E-state index is 0.111. The molecule has 1 unspecified atom stereocenters. The fourth-order valence-electron chi connectivity index (χ4n) is 0.855. The Morgan fingerprint density at radius 1 is 1.36 bits per heavy atom. The van der Waals surface area contributed by atoms with Crippen molar-refractivity contribution in [3.05, 3.63) is 0 Å². The van der Waals surface area contributed by atoms with Gasteiger partial charge in [0.05, 0.1) is 6.54 Å². The van der Waals surface area contributed by atoms with Gasteiger partial charge in [-0.25, -0.2) is 0 Å². The second-order valence-corrected chi connectivity index (χ2v) is 2.54. The first-order chi connectivity index (χ1) is 5.29. The molecule has 0 aromatic rings. The maximum Gasteiger partial charge on any atom is 0.233 e. The summed E-state index contributed by atoms with van der Waals surface area (Å²) in [6.45, 7) is 8.34. The molecule has 0 spiro atoms. The summed E-state index contributed by atoms with van der Waals surface area (Å²) in [5, 5.41) is 5.83. The highest BCUT2D eigenvalue weighted by atomic mass is 16.1. The topological polar surface area (TPSA) is 41.1 Å². The summed E-state index contributed by atoms with van der Waals surface area (Å²) in [7, 11) is 0. The molecule has 0 saturated carbocycles. The first-order valence-electron chi connectivity index (χ1n) is 4.26. The van der Waals surface area contributed by atoms with Gasteiger partial charge in [-0.2, -0.15) is 0 Å². The van der Waals surface area contributed by atoms with Gasteiger partial charge < -0.3 is 10.6 Å². The molecule has 1 aliphatic rings.